The lowest BCUT2D eigenvalue weighted by Crippen LogP contribution is -2.50. The van der Waals surface area contributed by atoms with Gasteiger partial charge in [0.15, 0.2) is 0 Å². The lowest BCUT2D eigenvalue weighted by Gasteiger charge is -2.30. The first-order chi connectivity index (χ1) is 14.0. The highest BCUT2D eigenvalue weighted by Gasteiger charge is 2.29. The molecule has 2 aromatic carbocycles. The van der Waals surface area contributed by atoms with E-state index in [-0.39, 0.29) is 24.3 Å². The van der Waals surface area contributed by atoms with E-state index < -0.39 is 6.04 Å². The molecule has 0 aromatic heterocycles. The highest BCUT2D eigenvalue weighted by atomic mass is 35.5. The minimum absolute atomic E-state index is 0.0757. The van der Waals surface area contributed by atoms with Crippen LogP contribution in [0.3, 0.4) is 0 Å². The first kappa shape index (κ1) is 21.4. The number of carbonyl (C=O) groups excluding carboxylic acids is 2. The number of rotatable bonds is 7. The third kappa shape index (κ3) is 5.60. The van der Waals surface area contributed by atoms with E-state index in [1.54, 1.807) is 11.8 Å². The fourth-order valence-corrected chi connectivity index (χ4v) is 4.05. The average molecular weight is 413 g/mol. The first-order valence-corrected chi connectivity index (χ1v) is 10.7. The summed E-state index contributed by atoms with van der Waals surface area (Å²) in [5.74, 6) is -0.171. The topological polar surface area (TPSA) is 49.4 Å². The Hall–Kier alpha value is -2.33. The van der Waals surface area contributed by atoms with Crippen LogP contribution < -0.4 is 5.32 Å². The van der Waals surface area contributed by atoms with Crippen molar-refractivity contribution < 1.29 is 9.59 Å². The predicted octanol–water partition coefficient (Wildman–Crippen LogP) is 4.67. The van der Waals surface area contributed by atoms with Crippen LogP contribution in [0.15, 0.2) is 48.5 Å². The molecule has 2 aromatic rings. The van der Waals surface area contributed by atoms with Crippen LogP contribution in [0.1, 0.15) is 49.3 Å². The van der Waals surface area contributed by atoms with E-state index in [1.165, 1.54) is 0 Å². The Labute approximate surface area is 178 Å². The van der Waals surface area contributed by atoms with Gasteiger partial charge in [0.05, 0.1) is 6.42 Å². The minimum Gasteiger partial charge on any atom is -0.352 e. The number of carbonyl (C=O) groups is 2. The van der Waals surface area contributed by atoms with Gasteiger partial charge in [-0.2, -0.15) is 0 Å². The van der Waals surface area contributed by atoms with Crippen molar-refractivity contribution in [3.05, 3.63) is 70.2 Å². The maximum atomic E-state index is 13.3. The van der Waals surface area contributed by atoms with E-state index in [0.717, 1.165) is 42.4 Å². The van der Waals surface area contributed by atoms with Crippen molar-refractivity contribution in [2.45, 2.75) is 64.6 Å². The molecule has 0 bridgehead atoms. The van der Waals surface area contributed by atoms with E-state index in [1.807, 2.05) is 55.5 Å². The quantitative estimate of drug-likeness (QED) is 0.718. The number of nitrogens with one attached hydrogen (secondary N) is 1. The van der Waals surface area contributed by atoms with Gasteiger partial charge < -0.3 is 10.2 Å². The Kier molecular flexibility index (Phi) is 7.32. The smallest absolute Gasteiger partial charge is 0.242 e. The highest BCUT2D eigenvalue weighted by Crippen LogP contribution is 2.21. The molecule has 0 spiro atoms. The van der Waals surface area contributed by atoms with Gasteiger partial charge in [-0.25, -0.2) is 0 Å². The molecule has 1 atom stereocenters. The monoisotopic (exact) mass is 412 g/mol. The van der Waals surface area contributed by atoms with Gasteiger partial charge in [-0.15, -0.1) is 0 Å². The zero-order valence-electron chi connectivity index (χ0n) is 17.2. The van der Waals surface area contributed by atoms with Crippen molar-refractivity contribution in [2.24, 2.45) is 0 Å². The summed E-state index contributed by atoms with van der Waals surface area (Å²) in [5, 5.41) is 3.73. The van der Waals surface area contributed by atoms with Crippen LogP contribution in [0.2, 0.25) is 5.02 Å². The molecule has 0 heterocycles. The summed E-state index contributed by atoms with van der Waals surface area (Å²) in [6.07, 6.45) is 4.59. The van der Waals surface area contributed by atoms with Crippen LogP contribution in [-0.4, -0.2) is 28.8 Å². The number of hydrogen-bond acceptors (Lipinski definition) is 2. The number of aryl methyl sites for hydroxylation is 1. The highest BCUT2D eigenvalue weighted by molar-refractivity contribution is 6.31. The molecule has 4 nitrogen and oxygen atoms in total. The standard InChI is InChI=1S/C24H29ClN2O2/c1-17-9-3-4-10-19(17)15-23(28)27(16-20-11-5-8-14-22(20)25)18(2)24(29)26-21-12-6-7-13-21/h3-5,8-11,14,18,21H,6-7,12-13,15-16H2,1-2H3,(H,26,29). The van der Waals surface area contributed by atoms with Crippen molar-refractivity contribution >= 4 is 23.4 Å². The summed E-state index contributed by atoms with van der Waals surface area (Å²) in [5.41, 5.74) is 2.89. The van der Waals surface area contributed by atoms with Gasteiger partial charge in [-0.05, 0) is 49.4 Å². The first-order valence-electron chi connectivity index (χ1n) is 10.3. The van der Waals surface area contributed by atoms with Gasteiger partial charge in [0.25, 0.3) is 0 Å². The third-order valence-corrected chi connectivity index (χ3v) is 6.14. The number of hydrogen-bond donors (Lipinski definition) is 1. The lowest BCUT2D eigenvalue weighted by molar-refractivity contribution is -0.140. The molecule has 5 heteroatoms. The Balaban J connectivity index is 1.80. The second-order valence-electron chi connectivity index (χ2n) is 7.88. The molecule has 154 valence electrons. The van der Waals surface area contributed by atoms with Crippen LogP contribution in [0.4, 0.5) is 0 Å². The summed E-state index contributed by atoms with van der Waals surface area (Å²) in [6.45, 7) is 4.11. The Bertz CT molecular complexity index is 861. The molecule has 1 N–H and O–H groups in total. The Morgan fingerprint density at radius 2 is 1.69 bits per heavy atom. The van der Waals surface area contributed by atoms with Crippen molar-refractivity contribution in [3.63, 3.8) is 0 Å². The molecule has 29 heavy (non-hydrogen) atoms. The average Bonchev–Trinajstić information content (AvgIpc) is 3.21. The van der Waals surface area contributed by atoms with E-state index in [4.69, 9.17) is 11.6 Å². The second kappa shape index (κ2) is 9.93. The maximum Gasteiger partial charge on any atom is 0.242 e. The number of halogens is 1. The number of nitrogens with zero attached hydrogens (tertiary/aromatic N) is 1. The van der Waals surface area contributed by atoms with Gasteiger partial charge in [0.2, 0.25) is 11.8 Å². The predicted molar refractivity (Wildman–Crippen MR) is 117 cm³/mol. The molecular weight excluding hydrogens is 384 g/mol. The summed E-state index contributed by atoms with van der Waals surface area (Å²) in [6, 6.07) is 15.0. The van der Waals surface area contributed by atoms with E-state index in [9.17, 15) is 9.59 Å². The lowest BCUT2D eigenvalue weighted by atomic mass is 10.0. The van der Waals surface area contributed by atoms with Gasteiger partial charge >= 0.3 is 0 Å². The molecule has 1 aliphatic carbocycles. The Morgan fingerprint density at radius 1 is 1.07 bits per heavy atom. The maximum absolute atomic E-state index is 13.3. The normalized spacial score (nSPS) is 15.1. The molecule has 0 saturated heterocycles. The van der Waals surface area contributed by atoms with Crippen molar-refractivity contribution in [1.29, 1.82) is 0 Å². The largest absolute Gasteiger partial charge is 0.352 e. The van der Waals surface area contributed by atoms with E-state index in [0.29, 0.717) is 11.6 Å². The van der Waals surface area contributed by atoms with Crippen LogP contribution in [-0.2, 0) is 22.6 Å². The number of amides is 2. The SMILES string of the molecule is Cc1ccccc1CC(=O)N(Cc1ccccc1Cl)C(C)C(=O)NC1CCCC1. The van der Waals surface area contributed by atoms with Crippen molar-refractivity contribution in [2.75, 3.05) is 0 Å². The van der Waals surface area contributed by atoms with Crippen molar-refractivity contribution in [3.8, 4) is 0 Å². The van der Waals surface area contributed by atoms with Crippen LogP contribution in [0, 0.1) is 6.92 Å². The fourth-order valence-electron chi connectivity index (χ4n) is 3.86. The van der Waals surface area contributed by atoms with Gasteiger partial charge in [-0.3, -0.25) is 9.59 Å². The molecule has 1 unspecified atom stereocenters. The van der Waals surface area contributed by atoms with Gasteiger partial charge in [0.1, 0.15) is 6.04 Å². The molecule has 3 rings (SSSR count). The van der Waals surface area contributed by atoms with E-state index in [2.05, 4.69) is 5.32 Å². The molecule has 1 saturated carbocycles. The summed E-state index contributed by atoms with van der Waals surface area (Å²) in [7, 11) is 0. The molecule has 2 amide bonds. The van der Waals surface area contributed by atoms with Crippen LogP contribution >= 0.6 is 11.6 Å². The Morgan fingerprint density at radius 3 is 2.34 bits per heavy atom. The summed E-state index contributed by atoms with van der Waals surface area (Å²) in [4.78, 5) is 27.8. The van der Waals surface area contributed by atoms with Gasteiger partial charge in [-0.1, -0.05) is 66.9 Å². The third-order valence-electron chi connectivity index (χ3n) is 5.77. The minimum atomic E-state index is -0.566. The molecule has 1 fully saturated rings. The molecule has 0 radical (unpaired) electrons. The van der Waals surface area contributed by atoms with Crippen molar-refractivity contribution in [1.82, 2.24) is 10.2 Å². The molecule has 0 aliphatic heterocycles. The van der Waals surface area contributed by atoms with Gasteiger partial charge in [0, 0.05) is 17.6 Å². The summed E-state index contributed by atoms with van der Waals surface area (Å²) >= 11 is 6.34. The van der Waals surface area contributed by atoms with Crippen LogP contribution in [0.5, 0.6) is 0 Å². The zero-order valence-corrected chi connectivity index (χ0v) is 17.9. The zero-order chi connectivity index (χ0) is 20.8. The van der Waals surface area contributed by atoms with Crippen LogP contribution in [0.25, 0.3) is 0 Å². The number of benzene rings is 2. The fraction of sp³-hybridized carbons (Fsp3) is 0.417. The summed E-state index contributed by atoms with van der Waals surface area (Å²) < 4.78 is 0. The molecule has 1 aliphatic rings. The second-order valence-corrected chi connectivity index (χ2v) is 8.29. The molecular formula is C24H29ClN2O2. The van der Waals surface area contributed by atoms with E-state index >= 15 is 0 Å².